The van der Waals surface area contributed by atoms with Gasteiger partial charge in [0.15, 0.2) is 5.75 Å². The molecule has 0 fully saturated rings. The van der Waals surface area contributed by atoms with E-state index in [1.165, 1.54) is 18.2 Å². The van der Waals surface area contributed by atoms with Gasteiger partial charge >= 0.3 is 5.69 Å². The molecular formula is C10H11Cl2NO6S. The average Bonchev–Trinajstić information content (AvgIpc) is 2.32. The Kier molecular flexibility index (Phi) is 6.47. The zero-order valence-corrected chi connectivity index (χ0v) is 12.4. The summed E-state index contributed by atoms with van der Waals surface area (Å²) < 4.78 is 31.4. The highest BCUT2D eigenvalue weighted by molar-refractivity contribution is 8.13. The highest BCUT2D eigenvalue weighted by atomic mass is 35.7. The maximum Gasteiger partial charge on any atom is 0.311 e. The minimum Gasteiger partial charge on any atom is -0.484 e. The molecule has 0 aromatic heterocycles. The van der Waals surface area contributed by atoms with E-state index in [0.717, 1.165) is 0 Å². The van der Waals surface area contributed by atoms with Crippen molar-refractivity contribution in [2.45, 2.75) is 0 Å². The lowest BCUT2D eigenvalue weighted by Crippen LogP contribution is -2.12. The summed E-state index contributed by atoms with van der Waals surface area (Å²) in [6, 6.07) is 3.94. The van der Waals surface area contributed by atoms with Crippen LogP contribution in [0.15, 0.2) is 18.2 Å². The van der Waals surface area contributed by atoms with Crippen LogP contribution in [-0.2, 0) is 13.8 Å². The van der Waals surface area contributed by atoms with Gasteiger partial charge in [-0.2, -0.15) is 0 Å². The third-order valence-electron chi connectivity index (χ3n) is 2.08. The summed E-state index contributed by atoms with van der Waals surface area (Å²) in [5.74, 6) is -0.289. The van der Waals surface area contributed by atoms with Crippen molar-refractivity contribution in [3.05, 3.63) is 33.3 Å². The van der Waals surface area contributed by atoms with Gasteiger partial charge in [0, 0.05) is 27.8 Å². The standard InChI is InChI=1S/C10H11Cl2NO6S/c11-8-1-2-9(13(14)15)10(7-8)19-4-3-18-5-6-20(12,16)17/h1-2,7H,3-6H2. The second-order valence-corrected chi connectivity index (χ2v) is 6.91. The first kappa shape index (κ1) is 17.0. The van der Waals surface area contributed by atoms with Crippen LogP contribution in [0.2, 0.25) is 5.02 Å². The van der Waals surface area contributed by atoms with Gasteiger partial charge in [0.2, 0.25) is 9.05 Å². The molecule has 0 saturated carbocycles. The number of hydrogen-bond acceptors (Lipinski definition) is 6. The van der Waals surface area contributed by atoms with Crippen LogP contribution in [0.25, 0.3) is 0 Å². The molecular weight excluding hydrogens is 333 g/mol. The number of nitro benzene ring substituents is 1. The van der Waals surface area contributed by atoms with Crippen molar-refractivity contribution in [3.8, 4) is 5.75 Å². The lowest BCUT2D eigenvalue weighted by Gasteiger charge is -2.07. The van der Waals surface area contributed by atoms with Gasteiger partial charge < -0.3 is 9.47 Å². The first-order valence-corrected chi connectivity index (χ1v) is 8.22. The second-order valence-electron chi connectivity index (χ2n) is 3.57. The Bertz CT molecular complexity index is 577. The maximum atomic E-state index is 10.7. The van der Waals surface area contributed by atoms with Gasteiger partial charge in [-0.3, -0.25) is 10.1 Å². The molecule has 0 saturated heterocycles. The van der Waals surface area contributed by atoms with Gasteiger partial charge in [0.25, 0.3) is 0 Å². The van der Waals surface area contributed by atoms with Gasteiger partial charge in [-0.15, -0.1) is 0 Å². The largest absolute Gasteiger partial charge is 0.484 e. The fourth-order valence-corrected chi connectivity index (χ4v) is 1.89. The van der Waals surface area contributed by atoms with Crippen LogP contribution < -0.4 is 4.74 Å². The molecule has 0 aliphatic heterocycles. The Labute approximate surface area is 125 Å². The molecule has 0 amide bonds. The molecule has 0 unspecified atom stereocenters. The lowest BCUT2D eigenvalue weighted by atomic mass is 10.3. The summed E-state index contributed by atoms with van der Waals surface area (Å²) in [5.41, 5.74) is -0.210. The van der Waals surface area contributed by atoms with E-state index in [1.807, 2.05) is 0 Å². The highest BCUT2D eigenvalue weighted by Gasteiger charge is 2.15. The van der Waals surface area contributed by atoms with E-state index in [2.05, 4.69) is 0 Å². The predicted molar refractivity (Wildman–Crippen MR) is 74.1 cm³/mol. The van der Waals surface area contributed by atoms with Crippen molar-refractivity contribution in [1.29, 1.82) is 0 Å². The summed E-state index contributed by atoms with van der Waals surface area (Å²) in [5, 5.41) is 11.1. The summed E-state index contributed by atoms with van der Waals surface area (Å²) in [7, 11) is 1.40. The number of hydrogen-bond donors (Lipinski definition) is 0. The SMILES string of the molecule is O=[N+]([O-])c1ccc(Cl)cc1OCCOCCS(=O)(=O)Cl. The van der Waals surface area contributed by atoms with Crippen molar-refractivity contribution in [2.24, 2.45) is 0 Å². The Morgan fingerprint density at radius 3 is 2.55 bits per heavy atom. The molecule has 20 heavy (non-hydrogen) atoms. The Hall–Kier alpha value is -1.09. The normalized spacial score (nSPS) is 11.3. The molecule has 0 bridgehead atoms. The van der Waals surface area contributed by atoms with Crippen LogP contribution in [0.1, 0.15) is 0 Å². The van der Waals surface area contributed by atoms with Crippen LogP contribution in [-0.4, -0.2) is 38.9 Å². The second kappa shape index (κ2) is 7.63. The monoisotopic (exact) mass is 343 g/mol. The van der Waals surface area contributed by atoms with Crippen molar-refractivity contribution in [1.82, 2.24) is 0 Å². The summed E-state index contributed by atoms with van der Waals surface area (Å²) >= 11 is 5.72. The molecule has 0 aliphatic carbocycles. The van der Waals surface area contributed by atoms with Crippen LogP contribution in [0.3, 0.4) is 0 Å². The molecule has 1 rings (SSSR count). The molecule has 0 N–H and O–H groups in total. The molecule has 112 valence electrons. The minimum atomic E-state index is -3.59. The smallest absolute Gasteiger partial charge is 0.311 e. The van der Waals surface area contributed by atoms with E-state index < -0.39 is 14.0 Å². The summed E-state index contributed by atoms with van der Waals surface area (Å²) in [6.07, 6.45) is 0. The summed E-state index contributed by atoms with van der Waals surface area (Å²) in [6.45, 7) is 0.00637. The first-order chi connectivity index (χ1) is 9.29. The molecule has 1 aromatic carbocycles. The van der Waals surface area contributed by atoms with Gasteiger partial charge in [0.05, 0.1) is 23.9 Å². The fraction of sp³-hybridized carbons (Fsp3) is 0.400. The Morgan fingerprint density at radius 1 is 1.25 bits per heavy atom. The highest BCUT2D eigenvalue weighted by Crippen LogP contribution is 2.29. The quantitative estimate of drug-likeness (QED) is 0.310. The average molecular weight is 344 g/mol. The van der Waals surface area contributed by atoms with Gasteiger partial charge in [-0.05, 0) is 6.07 Å². The zero-order chi connectivity index (χ0) is 15.2. The molecule has 0 atom stereocenters. The minimum absolute atomic E-state index is 0.0174. The van der Waals surface area contributed by atoms with Crippen LogP contribution in [0.4, 0.5) is 5.69 Å². The predicted octanol–water partition coefficient (Wildman–Crippen LogP) is 2.21. The van der Waals surface area contributed by atoms with E-state index >= 15 is 0 Å². The van der Waals surface area contributed by atoms with Crippen LogP contribution in [0, 0.1) is 10.1 Å². The van der Waals surface area contributed by atoms with E-state index in [-0.39, 0.29) is 37.0 Å². The number of benzene rings is 1. The molecule has 0 spiro atoms. The molecule has 0 aliphatic rings. The van der Waals surface area contributed by atoms with Gasteiger partial charge in [0.1, 0.15) is 6.61 Å². The lowest BCUT2D eigenvalue weighted by molar-refractivity contribution is -0.385. The van der Waals surface area contributed by atoms with E-state index in [9.17, 15) is 18.5 Å². The van der Waals surface area contributed by atoms with Crippen molar-refractivity contribution < 1.29 is 22.8 Å². The number of nitro groups is 1. The molecule has 10 heteroatoms. The number of nitrogens with zero attached hydrogens (tertiary/aromatic N) is 1. The Balaban J connectivity index is 2.42. The van der Waals surface area contributed by atoms with Gasteiger partial charge in [-0.25, -0.2) is 8.42 Å². The number of halogens is 2. The van der Waals surface area contributed by atoms with Gasteiger partial charge in [-0.1, -0.05) is 11.6 Å². The Morgan fingerprint density at radius 2 is 1.95 bits per heavy atom. The van der Waals surface area contributed by atoms with Crippen LogP contribution >= 0.6 is 22.3 Å². The van der Waals surface area contributed by atoms with Crippen molar-refractivity contribution >= 4 is 37.0 Å². The third-order valence-corrected chi connectivity index (χ3v) is 3.43. The number of ether oxygens (including phenoxy) is 2. The summed E-state index contributed by atoms with van der Waals surface area (Å²) in [4.78, 5) is 10.2. The van der Waals surface area contributed by atoms with Crippen molar-refractivity contribution in [2.75, 3.05) is 25.6 Å². The zero-order valence-electron chi connectivity index (χ0n) is 10.1. The van der Waals surface area contributed by atoms with E-state index in [4.69, 9.17) is 31.8 Å². The fourth-order valence-electron chi connectivity index (χ4n) is 1.23. The van der Waals surface area contributed by atoms with E-state index in [1.54, 1.807) is 0 Å². The molecule has 7 nitrogen and oxygen atoms in total. The van der Waals surface area contributed by atoms with E-state index in [0.29, 0.717) is 5.02 Å². The topological polar surface area (TPSA) is 95.7 Å². The first-order valence-electron chi connectivity index (χ1n) is 5.36. The molecule has 1 aromatic rings. The van der Waals surface area contributed by atoms with Crippen LogP contribution in [0.5, 0.6) is 5.75 Å². The number of rotatable bonds is 8. The third kappa shape index (κ3) is 6.38. The maximum absolute atomic E-state index is 10.7. The van der Waals surface area contributed by atoms with Crippen molar-refractivity contribution in [3.63, 3.8) is 0 Å². The molecule has 0 heterocycles. The molecule has 0 radical (unpaired) electrons.